The van der Waals surface area contributed by atoms with Crippen molar-refractivity contribution in [3.05, 3.63) is 58.6 Å². The van der Waals surface area contributed by atoms with E-state index in [2.05, 4.69) is 10.6 Å². The molecule has 0 radical (unpaired) electrons. The summed E-state index contributed by atoms with van der Waals surface area (Å²) in [5.74, 6) is -0.569. The average molecular weight is 401 g/mol. The van der Waals surface area contributed by atoms with Gasteiger partial charge in [0.2, 0.25) is 5.91 Å². The van der Waals surface area contributed by atoms with Gasteiger partial charge in [0.1, 0.15) is 5.75 Å². The smallest absolute Gasteiger partial charge is 0.417 e. The number of benzene rings is 2. The highest BCUT2D eigenvalue weighted by atomic mass is 35.5. The van der Waals surface area contributed by atoms with E-state index in [0.29, 0.717) is 17.9 Å². The molecule has 2 amide bonds. The van der Waals surface area contributed by atoms with Crippen molar-refractivity contribution in [3.63, 3.8) is 0 Å². The zero-order chi connectivity index (χ0) is 20.0. The van der Waals surface area contributed by atoms with Crippen LogP contribution in [0.3, 0.4) is 0 Å². The van der Waals surface area contributed by atoms with Gasteiger partial charge in [0.05, 0.1) is 23.7 Å². The molecule has 0 aliphatic rings. The average Bonchev–Trinajstić information content (AvgIpc) is 2.61. The van der Waals surface area contributed by atoms with Crippen molar-refractivity contribution < 1.29 is 27.5 Å². The Balaban J connectivity index is 1.93. The second-order valence-electron chi connectivity index (χ2n) is 5.38. The summed E-state index contributed by atoms with van der Waals surface area (Å²) in [6, 6.07) is 9.31. The van der Waals surface area contributed by atoms with Crippen LogP contribution >= 0.6 is 11.6 Å². The van der Waals surface area contributed by atoms with E-state index in [4.69, 9.17) is 16.3 Å². The highest BCUT2D eigenvalue weighted by Gasteiger charge is 2.33. The maximum atomic E-state index is 12.8. The largest absolute Gasteiger partial charge is 0.494 e. The van der Waals surface area contributed by atoms with Crippen LogP contribution in [0.15, 0.2) is 42.5 Å². The van der Waals surface area contributed by atoms with Crippen LogP contribution in [-0.2, 0) is 11.0 Å². The molecule has 0 heterocycles. The van der Waals surface area contributed by atoms with Crippen molar-refractivity contribution in [2.24, 2.45) is 0 Å². The van der Waals surface area contributed by atoms with E-state index >= 15 is 0 Å². The van der Waals surface area contributed by atoms with Crippen LogP contribution in [0.1, 0.15) is 22.8 Å². The number of rotatable bonds is 6. The van der Waals surface area contributed by atoms with Gasteiger partial charge in [0.25, 0.3) is 5.91 Å². The Bertz CT molecular complexity index is 824. The summed E-state index contributed by atoms with van der Waals surface area (Å²) in [4.78, 5) is 23.9. The van der Waals surface area contributed by atoms with Gasteiger partial charge >= 0.3 is 6.18 Å². The lowest BCUT2D eigenvalue weighted by molar-refractivity contribution is -0.137. The van der Waals surface area contributed by atoms with Crippen molar-refractivity contribution in [3.8, 4) is 5.75 Å². The molecule has 0 saturated carbocycles. The highest BCUT2D eigenvalue weighted by Crippen LogP contribution is 2.36. The molecule has 2 rings (SSSR count). The normalized spacial score (nSPS) is 11.0. The van der Waals surface area contributed by atoms with Crippen LogP contribution in [0.5, 0.6) is 5.75 Å². The van der Waals surface area contributed by atoms with Crippen LogP contribution in [0.25, 0.3) is 0 Å². The van der Waals surface area contributed by atoms with Gasteiger partial charge in [0, 0.05) is 11.3 Å². The number of carbonyl (C=O) groups excluding carboxylic acids is 2. The van der Waals surface area contributed by atoms with Crippen molar-refractivity contribution in [2.45, 2.75) is 13.1 Å². The molecule has 2 aromatic rings. The fourth-order valence-electron chi connectivity index (χ4n) is 2.16. The predicted octanol–water partition coefficient (Wildman–Crippen LogP) is 4.13. The number of hydrogen-bond acceptors (Lipinski definition) is 3. The minimum Gasteiger partial charge on any atom is -0.494 e. The second kappa shape index (κ2) is 8.77. The van der Waals surface area contributed by atoms with E-state index in [1.54, 1.807) is 12.1 Å². The number of carbonyl (C=O) groups is 2. The standard InChI is InChI=1S/C18H16ClF3N2O3/c1-2-27-13-6-3-11(4-7-13)17(26)23-10-16(25)24-12-5-8-15(19)14(9-12)18(20,21)22/h3-9H,2,10H2,1H3,(H,23,26)(H,24,25). The lowest BCUT2D eigenvalue weighted by Gasteiger charge is -2.12. The number of halogens is 4. The van der Waals surface area contributed by atoms with Gasteiger partial charge < -0.3 is 15.4 Å². The van der Waals surface area contributed by atoms with Gasteiger partial charge in [0.15, 0.2) is 0 Å². The van der Waals surface area contributed by atoms with Crippen molar-refractivity contribution in [1.29, 1.82) is 0 Å². The summed E-state index contributed by atoms with van der Waals surface area (Å²) in [5.41, 5.74) is -0.815. The van der Waals surface area contributed by atoms with E-state index in [9.17, 15) is 22.8 Å². The van der Waals surface area contributed by atoms with E-state index in [1.165, 1.54) is 18.2 Å². The molecular weight excluding hydrogens is 385 g/mol. The zero-order valence-electron chi connectivity index (χ0n) is 14.2. The first-order valence-electron chi connectivity index (χ1n) is 7.88. The summed E-state index contributed by atoms with van der Waals surface area (Å²) >= 11 is 5.52. The van der Waals surface area contributed by atoms with E-state index in [0.717, 1.165) is 12.1 Å². The third-order valence-corrected chi connectivity index (χ3v) is 3.72. The van der Waals surface area contributed by atoms with Crippen LogP contribution < -0.4 is 15.4 Å². The topological polar surface area (TPSA) is 67.4 Å². The number of hydrogen-bond donors (Lipinski definition) is 2. The molecule has 0 unspecified atom stereocenters. The van der Waals surface area contributed by atoms with E-state index in [-0.39, 0.29) is 5.69 Å². The molecule has 27 heavy (non-hydrogen) atoms. The van der Waals surface area contributed by atoms with Crippen LogP contribution in [0.4, 0.5) is 18.9 Å². The molecule has 2 N–H and O–H groups in total. The van der Waals surface area contributed by atoms with Crippen LogP contribution in [0, 0.1) is 0 Å². The monoisotopic (exact) mass is 400 g/mol. The van der Waals surface area contributed by atoms with Crippen LogP contribution in [0.2, 0.25) is 5.02 Å². The number of amides is 2. The SMILES string of the molecule is CCOc1ccc(C(=O)NCC(=O)Nc2ccc(Cl)c(C(F)(F)F)c2)cc1. The summed E-state index contributed by atoms with van der Waals surface area (Å²) < 4.78 is 43.7. The molecule has 2 aromatic carbocycles. The summed E-state index contributed by atoms with van der Waals surface area (Å²) in [6.07, 6.45) is -4.64. The molecule has 0 aromatic heterocycles. The van der Waals surface area contributed by atoms with Gasteiger partial charge in [-0.15, -0.1) is 0 Å². The van der Waals surface area contributed by atoms with E-state index < -0.39 is 35.1 Å². The Hall–Kier alpha value is -2.74. The molecule has 0 aliphatic heterocycles. The van der Waals surface area contributed by atoms with Crippen molar-refractivity contribution >= 4 is 29.1 Å². The summed E-state index contributed by atoms with van der Waals surface area (Å²) in [7, 11) is 0. The minimum absolute atomic E-state index is 0.0768. The van der Waals surface area contributed by atoms with Gasteiger partial charge in [-0.3, -0.25) is 9.59 Å². The first kappa shape index (κ1) is 20.6. The highest BCUT2D eigenvalue weighted by molar-refractivity contribution is 6.31. The summed E-state index contributed by atoms with van der Waals surface area (Å²) in [5, 5.41) is 4.20. The molecule has 0 saturated heterocycles. The van der Waals surface area contributed by atoms with Gasteiger partial charge in [-0.05, 0) is 49.4 Å². The minimum atomic E-state index is -4.64. The molecule has 0 fully saturated rings. The Kier molecular flexibility index (Phi) is 6.68. The molecule has 0 atom stereocenters. The Morgan fingerprint density at radius 2 is 1.78 bits per heavy atom. The Morgan fingerprint density at radius 1 is 1.11 bits per heavy atom. The first-order valence-corrected chi connectivity index (χ1v) is 8.26. The Labute approximate surface area is 158 Å². The number of ether oxygens (including phenoxy) is 1. The quantitative estimate of drug-likeness (QED) is 0.766. The van der Waals surface area contributed by atoms with Crippen molar-refractivity contribution in [2.75, 3.05) is 18.5 Å². The second-order valence-corrected chi connectivity index (χ2v) is 5.79. The third-order valence-electron chi connectivity index (χ3n) is 3.39. The maximum absolute atomic E-state index is 12.8. The summed E-state index contributed by atoms with van der Waals surface area (Å²) in [6.45, 7) is 1.92. The number of anilines is 1. The van der Waals surface area contributed by atoms with Gasteiger partial charge in [-0.1, -0.05) is 11.6 Å². The lowest BCUT2D eigenvalue weighted by Crippen LogP contribution is -2.32. The number of nitrogens with one attached hydrogen (secondary N) is 2. The molecule has 9 heteroatoms. The van der Waals surface area contributed by atoms with Crippen molar-refractivity contribution in [1.82, 2.24) is 5.32 Å². The van der Waals surface area contributed by atoms with E-state index in [1.807, 2.05) is 6.92 Å². The van der Waals surface area contributed by atoms with Gasteiger partial charge in [-0.25, -0.2) is 0 Å². The molecule has 144 valence electrons. The maximum Gasteiger partial charge on any atom is 0.417 e. The fourth-order valence-corrected chi connectivity index (χ4v) is 2.38. The fraction of sp³-hybridized carbons (Fsp3) is 0.222. The Morgan fingerprint density at radius 3 is 2.37 bits per heavy atom. The van der Waals surface area contributed by atoms with Crippen LogP contribution in [-0.4, -0.2) is 25.0 Å². The van der Waals surface area contributed by atoms with Gasteiger partial charge in [-0.2, -0.15) is 13.2 Å². The lowest BCUT2D eigenvalue weighted by atomic mass is 10.2. The zero-order valence-corrected chi connectivity index (χ0v) is 14.9. The molecule has 0 aliphatic carbocycles. The third kappa shape index (κ3) is 5.89. The molecular formula is C18H16ClF3N2O3. The predicted molar refractivity (Wildman–Crippen MR) is 95.0 cm³/mol. The molecule has 0 bridgehead atoms. The molecule has 0 spiro atoms. The first-order chi connectivity index (χ1) is 12.7. The number of alkyl halides is 3. The molecule has 5 nitrogen and oxygen atoms in total.